The molecule has 0 aromatic heterocycles. The summed E-state index contributed by atoms with van der Waals surface area (Å²) in [6, 6.07) is 0. The van der Waals surface area contributed by atoms with Gasteiger partial charge in [0, 0.05) is 5.57 Å². The summed E-state index contributed by atoms with van der Waals surface area (Å²) in [5.74, 6) is -1.70. The molecule has 0 rings (SSSR count). The minimum atomic E-state index is -1.04. The second-order valence-electron chi connectivity index (χ2n) is 2.41. The van der Waals surface area contributed by atoms with Crippen LogP contribution in [-0.4, -0.2) is 17.0 Å². The molecule has 0 aromatic carbocycles. The Hall–Kier alpha value is -1.32. The standard InChI is InChI=1S/C7H11NO3/c1-4(2)5(7(8)11)3-6(9)10/h3H2,1-2H3,(H2,8,11)(H,9,10). The van der Waals surface area contributed by atoms with Gasteiger partial charge in [0.1, 0.15) is 0 Å². The molecule has 62 valence electrons. The molecule has 0 aromatic rings. The van der Waals surface area contributed by atoms with Crippen LogP contribution < -0.4 is 5.73 Å². The van der Waals surface area contributed by atoms with Gasteiger partial charge in [0.25, 0.3) is 0 Å². The van der Waals surface area contributed by atoms with E-state index in [1.165, 1.54) is 0 Å². The minimum absolute atomic E-state index is 0.178. The summed E-state index contributed by atoms with van der Waals surface area (Å²) in [7, 11) is 0. The third-order valence-electron chi connectivity index (χ3n) is 1.23. The molecule has 0 spiro atoms. The number of hydrogen-bond acceptors (Lipinski definition) is 2. The van der Waals surface area contributed by atoms with Gasteiger partial charge in [0.05, 0.1) is 6.42 Å². The van der Waals surface area contributed by atoms with Gasteiger partial charge in [-0.2, -0.15) is 0 Å². The van der Waals surface area contributed by atoms with Crippen LogP contribution in [0.15, 0.2) is 11.1 Å². The van der Waals surface area contributed by atoms with Crippen molar-refractivity contribution in [2.75, 3.05) is 0 Å². The lowest BCUT2D eigenvalue weighted by atomic mass is 10.1. The van der Waals surface area contributed by atoms with E-state index in [1.54, 1.807) is 13.8 Å². The molecular formula is C7H11NO3. The van der Waals surface area contributed by atoms with Crippen molar-refractivity contribution in [3.63, 3.8) is 0 Å². The lowest BCUT2D eigenvalue weighted by Gasteiger charge is -2.00. The summed E-state index contributed by atoms with van der Waals surface area (Å²) in [5.41, 5.74) is 5.76. The fourth-order valence-corrected chi connectivity index (χ4v) is 0.662. The molecule has 0 saturated carbocycles. The molecule has 0 bridgehead atoms. The van der Waals surface area contributed by atoms with Crippen molar-refractivity contribution in [3.8, 4) is 0 Å². The molecule has 0 aliphatic heterocycles. The average Bonchev–Trinajstić information content (AvgIpc) is 1.81. The van der Waals surface area contributed by atoms with Gasteiger partial charge >= 0.3 is 5.97 Å². The number of nitrogens with two attached hydrogens (primary N) is 1. The fourth-order valence-electron chi connectivity index (χ4n) is 0.662. The lowest BCUT2D eigenvalue weighted by Crippen LogP contribution is -2.17. The van der Waals surface area contributed by atoms with Crippen molar-refractivity contribution in [3.05, 3.63) is 11.1 Å². The van der Waals surface area contributed by atoms with Crippen LogP contribution >= 0.6 is 0 Å². The van der Waals surface area contributed by atoms with Gasteiger partial charge in [-0.3, -0.25) is 9.59 Å². The van der Waals surface area contributed by atoms with Gasteiger partial charge in [0.15, 0.2) is 0 Å². The Kier molecular flexibility index (Phi) is 3.30. The Morgan fingerprint density at radius 3 is 1.91 bits per heavy atom. The average molecular weight is 157 g/mol. The predicted octanol–water partition coefficient (Wildman–Crippen LogP) is 0.283. The normalized spacial score (nSPS) is 8.91. The van der Waals surface area contributed by atoms with E-state index in [-0.39, 0.29) is 12.0 Å². The van der Waals surface area contributed by atoms with Gasteiger partial charge in [-0.25, -0.2) is 0 Å². The van der Waals surface area contributed by atoms with Crippen molar-refractivity contribution in [1.82, 2.24) is 0 Å². The molecule has 0 fully saturated rings. The van der Waals surface area contributed by atoms with Crippen LogP contribution in [-0.2, 0) is 9.59 Å². The summed E-state index contributed by atoms with van der Waals surface area (Å²) >= 11 is 0. The maximum atomic E-state index is 10.6. The number of amides is 1. The third-order valence-corrected chi connectivity index (χ3v) is 1.23. The molecule has 0 unspecified atom stereocenters. The second kappa shape index (κ2) is 3.75. The molecule has 11 heavy (non-hydrogen) atoms. The monoisotopic (exact) mass is 157 g/mol. The predicted molar refractivity (Wildman–Crippen MR) is 39.8 cm³/mol. The molecule has 0 saturated heterocycles. The summed E-state index contributed by atoms with van der Waals surface area (Å²) in [6.45, 7) is 3.31. The van der Waals surface area contributed by atoms with Crippen molar-refractivity contribution in [2.45, 2.75) is 20.3 Å². The zero-order chi connectivity index (χ0) is 9.02. The molecule has 4 heteroatoms. The van der Waals surface area contributed by atoms with Gasteiger partial charge < -0.3 is 10.8 Å². The Labute approximate surface area is 64.7 Å². The van der Waals surface area contributed by atoms with E-state index in [1.807, 2.05) is 0 Å². The molecule has 4 nitrogen and oxygen atoms in total. The molecule has 0 aliphatic rings. The van der Waals surface area contributed by atoms with Crippen molar-refractivity contribution >= 4 is 11.9 Å². The Morgan fingerprint density at radius 2 is 1.82 bits per heavy atom. The quantitative estimate of drug-likeness (QED) is 0.577. The number of hydrogen-bond donors (Lipinski definition) is 2. The first kappa shape index (κ1) is 9.68. The van der Waals surface area contributed by atoms with Gasteiger partial charge in [-0.05, 0) is 13.8 Å². The van der Waals surface area contributed by atoms with Gasteiger partial charge in [-0.1, -0.05) is 5.57 Å². The van der Waals surface area contributed by atoms with E-state index in [2.05, 4.69) is 0 Å². The van der Waals surface area contributed by atoms with E-state index in [0.717, 1.165) is 0 Å². The van der Waals surface area contributed by atoms with E-state index >= 15 is 0 Å². The van der Waals surface area contributed by atoms with Gasteiger partial charge in [-0.15, -0.1) is 0 Å². The number of aliphatic carboxylic acids is 1. The number of rotatable bonds is 3. The number of carbonyl (C=O) groups is 2. The fraction of sp³-hybridized carbons (Fsp3) is 0.429. The molecule has 0 radical (unpaired) electrons. The zero-order valence-electron chi connectivity index (χ0n) is 6.55. The van der Waals surface area contributed by atoms with Crippen LogP contribution in [0.1, 0.15) is 20.3 Å². The van der Waals surface area contributed by atoms with Crippen molar-refractivity contribution < 1.29 is 14.7 Å². The van der Waals surface area contributed by atoms with E-state index in [0.29, 0.717) is 5.57 Å². The van der Waals surface area contributed by atoms with Crippen LogP contribution in [0.5, 0.6) is 0 Å². The highest BCUT2D eigenvalue weighted by Gasteiger charge is 2.10. The lowest BCUT2D eigenvalue weighted by molar-refractivity contribution is -0.137. The maximum absolute atomic E-state index is 10.6. The van der Waals surface area contributed by atoms with Gasteiger partial charge in [0.2, 0.25) is 5.91 Å². The second-order valence-corrected chi connectivity index (χ2v) is 2.41. The summed E-state index contributed by atoms with van der Waals surface area (Å²) in [5, 5.41) is 8.34. The van der Waals surface area contributed by atoms with Crippen LogP contribution in [0.3, 0.4) is 0 Å². The molecular weight excluding hydrogens is 146 g/mol. The molecule has 0 atom stereocenters. The topological polar surface area (TPSA) is 80.4 Å². The third kappa shape index (κ3) is 3.40. The number of carboxylic acid groups (broad SMARTS) is 1. The molecule has 3 N–H and O–H groups in total. The van der Waals surface area contributed by atoms with Crippen LogP contribution in [0.25, 0.3) is 0 Å². The summed E-state index contributed by atoms with van der Waals surface area (Å²) < 4.78 is 0. The number of primary amides is 1. The van der Waals surface area contributed by atoms with E-state index < -0.39 is 11.9 Å². The molecule has 1 amide bonds. The highest BCUT2D eigenvalue weighted by molar-refractivity contribution is 5.96. The summed E-state index contributed by atoms with van der Waals surface area (Å²) in [4.78, 5) is 20.8. The first-order valence-corrected chi connectivity index (χ1v) is 3.13. The first-order chi connectivity index (χ1) is 4.95. The maximum Gasteiger partial charge on any atom is 0.308 e. The first-order valence-electron chi connectivity index (χ1n) is 3.13. The number of carboxylic acids is 1. The smallest absolute Gasteiger partial charge is 0.308 e. The van der Waals surface area contributed by atoms with Crippen molar-refractivity contribution in [1.29, 1.82) is 0 Å². The molecule has 0 aliphatic carbocycles. The molecule has 0 heterocycles. The Morgan fingerprint density at radius 1 is 1.36 bits per heavy atom. The van der Waals surface area contributed by atoms with E-state index in [9.17, 15) is 9.59 Å². The Bertz CT molecular complexity index is 214. The van der Waals surface area contributed by atoms with Crippen LogP contribution in [0, 0.1) is 0 Å². The highest BCUT2D eigenvalue weighted by atomic mass is 16.4. The van der Waals surface area contributed by atoms with Crippen molar-refractivity contribution in [2.24, 2.45) is 5.73 Å². The Balaban J connectivity index is 4.52. The zero-order valence-corrected chi connectivity index (χ0v) is 6.55. The minimum Gasteiger partial charge on any atom is -0.481 e. The highest BCUT2D eigenvalue weighted by Crippen LogP contribution is 2.06. The van der Waals surface area contributed by atoms with E-state index in [4.69, 9.17) is 10.8 Å². The number of carbonyl (C=O) groups excluding carboxylic acids is 1. The van der Waals surface area contributed by atoms with Crippen LogP contribution in [0.4, 0.5) is 0 Å². The largest absolute Gasteiger partial charge is 0.481 e. The summed E-state index contributed by atoms with van der Waals surface area (Å²) in [6.07, 6.45) is -0.294. The van der Waals surface area contributed by atoms with Crippen LogP contribution in [0.2, 0.25) is 0 Å². The SMILES string of the molecule is CC(C)=C(CC(=O)O)C(N)=O. The number of allylic oxidation sites excluding steroid dienone is 1.